The van der Waals surface area contributed by atoms with Crippen molar-refractivity contribution in [2.45, 2.75) is 26.7 Å². The van der Waals surface area contributed by atoms with Crippen LogP contribution in [-0.4, -0.2) is 33.3 Å². The van der Waals surface area contributed by atoms with Gasteiger partial charge in [0.2, 0.25) is 10.0 Å². The van der Waals surface area contributed by atoms with Crippen LogP contribution < -0.4 is 9.73 Å². The fourth-order valence-electron chi connectivity index (χ4n) is 2.59. The number of rotatable bonds is 7. The zero-order chi connectivity index (χ0) is 20.9. The van der Waals surface area contributed by atoms with E-state index in [2.05, 4.69) is 24.4 Å². The van der Waals surface area contributed by atoms with Crippen molar-refractivity contribution in [2.75, 3.05) is 17.1 Å². The number of nitrogens with zero attached hydrogens (tertiary/aromatic N) is 2. The Morgan fingerprint density at radius 1 is 1.21 bits per heavy atom. The van der Waals surface area contributed by atoms with Gasteiger partial charge in [0.25, 0.3) is 5.91 Å². The number of benzene rings is 2. The molecule has 2 rings (SSSR count). The Hall–Kier alpha value is -2.38. The van der Waals surface area contributed by atoms with Crippen molar-refractivity contribution in [1.82, 2.24) is 5.43 Å². The van der Waals surface area contributed by atoms with Crippen LogP contribution in [-0.2, 0) is 14.8 Å². The number of aryl methyl sites for hydroxylation is 1. The minimum absolute atomic E-state index is 0.384. The Morgan fingerprint density at radius 3 is 2.39 bits per heavy atom. The Kier molecular flexibility index (Phi) is 7.21. The van der Waals surface area contributed by atoms with Gasteiger partial charge in [-0.1, -0.05) is 49.7 Å². The first-order chi connectivity index (χ1) is 13.1. The molecule has 0 aliphatic rings. The summed E-state index contributed by atoms with van der Waals surface area (Å²) in [5, 5.41) is 4.41. The molecule has 0 aromatic heterocycles. The molecule has 0 aliphatic heterocycles. The fraction of sp³-hybridized carbons (Fsp3) is 0.300. The molecule has 2 aromatic rings. The molecule has 0 atom stereocenters. The van der Waals surface area contributed by atoms with Crippen molar-refractivity contribution in [3.63, 3.8) is 0 Å². The normalized spacial score (nSPS) is 11.8. The number of amides is 1. The summed E-state index contributed by atoms with van der Waals surface area (Å²) in [6.45, 7) is 5.57. The third-order valence-electron chi connectivity index (χ3n) is 4.12. The number of nitrogens with one attached hydrogen (secondary N) is 1. The van der Waals surface area contributed by atoms with Gasteiger partial charge in [-0.15, -0.1) is 0 Å². The molecule has 0 unspecified atom stereocenters. The number of carbonyl (C=O) groups is 1. The Morgan fingerprint density at radius 2 is 1.86 bits per heavy atom. The van der Waals surface area contributed by atoms with Crippen LogP contribution in [0.2, 0.25) is 5.02 Å². The fourth-order valence-corrected chi connectivity index (χ4v) is 3.73. The van der Waals surface area contributed by atoms with Gasteiger partial charge in [0.05, 0.1) is 18.2 Å². The lowest BCUT2D eigenvalue weighted by molar-refractivity contribution is -0.119. The highest BCUT2D eigenvalue weighted by atomic mass is 35.5. The highest BCUT2D eigenvalue weighted by molar-refractivity contribution is 7.92. The van der Waals surface area contributed by atoms with E-state index in [9.17, 15) is 13.2 Å². The van der Waals surface area contributed by atoms with Crippen LogP contribution in [0.1, 0.15) is 36.5 Å². The highest BCUT2D eigenvalue weighted by Gasteiger charge is 2.22. The molecule has 0 saturated heterocycles. The van der Waals surface area contributed by atoms with E-state index in [-0.39, 0.29) is 6.54 Å². The lowest BCUT2D eigenvalue weighted by Gasteiger charge is -2.23. The quantitative estimate of drug-likeness (QED) is 0.547. The number of hydrazone groups is 1. The first kappa shape index (κ1) is 21.9. The highest BCUT2D eigenvalue weighted by Crippen LogP contribution is 2.25. The first-order valence-electron chi connectivity index (χ1n) is 8.73. The first-order valence-corrected chi connectivity index (χ1v) is 11.0. The smallest absolute Gasteiger partial charge is 0.260 e. The molecule has 1 amide bonds. The van der Waals surface area contributed by atoms with Gasteiger partial charge in [-0.3, -0.25) is 9.10 Å². The molecular formula is C20H24ClN3O3S. The number of hydrogen-bond acceptors (Lipinski definition) is 4. The van der Waals surface area contributed by atoms with Crippen LogP contribution in [0.3, 0.4) is 0 Å². The number of anilines is 1. The summed E-state index contributed by atoms with van der Waals surface area (Å²) >= 11 is 5.93. The molecule has 0 saturated carbocycles. The van der Waals surface area contributed by atoms with Crippen molar-refractivity contribution in [1.29, 1.82) is 0 Å². The maximum absolute atomic E-state index is 12.2. The van der Waals surface area contributed by atoms with E-state index >= 15 is 0 Å². The van der Waals surface area contributed by atoms with Gasteiger partial charge in [-0.2, -0.15) is 5.10 Å². The average molecular weight is 422 g/mol. The number of hydrogen-bond donors (Lipinski definition) is 1. The van der Waals surface area contributed by atoms with Crippen LogP contribution in [0.5, 0.6) is 0 Å². The van der Waals surface area contributed by atoms with Gasteiger partial charge in [-0.05, 0) is 47.7 Å². The molecule has 0 heterocycles. The monoisotopic (exact) mass is 421 g/mol. The zero-order valence-electron chi connectivity index (χ0n) is 16.3. The Balaban J connectivity index is 2.08. The molecule has 2 aromatic carbocycles. The van der Waals surface area contributed by atoms with Gasteiger partial charge < -0.3 is 0 Å². The molecule has 8 heteroatoms. The summed E-state index contributed by atoms with van der Waals surface area (Å²) in [6, 6.07) is 12.6. The van der Waals surface area contributed by atoms with E-state index in [1.165, 1.54) is 11.8 Å². The second kappa shape index (κ2) is 9.21. The van der Waals surface area contributed by atoms with Gasteiger partial charge in [0.1, 0.15) is 6.54 Å². The van der Waals surface area contributed by atoms with Gasteiger partial charge in [-0.25, -0.2) is 13.8 Å². The Bertz CT molecular complexity index is 971. The third-order valence-corrected chi connectivity index (χ3v) is 5.48. The molecule has 0 fully saturated rings. The van der Waals surface area contributed by atoms with E-state index in [0.717, 1.165) is 16.1 Å². The van der Waals surface area contributed by atoms with E-state index in [4.69, 9.17) is 11.6 Å². The summed E-state index contributed by atoms with van der Waals surface area (Å²) < 4.78 is 25.4. The minimum atomic E-state index is -3.66. The van der Waals surface area contributed by atoms with Gasteiger partial charge in [0.15, 0.2) is 0 Å². The molecule has 150 valence electrons. The van der Waals surface area contributed by atoms with E-state index in [1.807, 2.05) is 24.3 Å². The summed E-state index contributed by atoms with van der Waals surface area (Å²) in [5.74, 6) is -0.112. The van der Waals surface area contributed by atoms with Crippen LogP contribution in [0.4, 0.5) is 5.69 Å². The van der Waals surface area contributed by atoms with Crippen molar-refractivity contribution in [2.24, 2.45) is 5.10 Å². The summed E-state index contributed by atoms with van der Waals surface area (Å²) in [6.07, 6.45) is 2.56. The molecular weight excluding hydrogens is 398 g/mol. The lowest BCUT2D eigenvalue weighted by atomic mass is 10.0. The standard InChI is InChI=1S/C20H24ClN3O3S/c1-14(2)17-7-5-16(6-8-17)12-22-23-20(25)13-24(28(4,26)27)19-10-9-18(21)11-15(19)3/h5-12,14H,13H2,1-4H3,(H,23,25)/b22-12-. The van der Waals surface area contributed by atoms with Crippen molar-refractivity contribution in [3.8, 4) is 0 Å². The summed E-state index contributed by atoms with van der Waals surface area (Å²) in [5.41, 5.74) is 5.46. The predicted molar refractivity (Wildman–Crippen MR) is 115 cm³/mol. The molecule has 0 spiro atoms. The van der Waals surface area contributed by atoms with Crippen molar-refractivity contribution < 1.29 is 13.2 Å². The van der Waals surface area contributed by atoms with Crippen LogP contribution in [0.15, 0.2) is 47.6 Å². The Labute approximate surface area is 171 Å². The number of sulfonamides is 1. The van der Waals surface area contributed by atoms with Crippen molar-refractivity contribution in [3.05, 3.63) is 64.2 Å². The SMILES string of the molecule is Cc1cc(Cl)ccc1N(CC(=O)N/N=C\c1ccc(C(C)C)cc1)S(C)(=O)=O. The van der Waals surface area contributed by atoms with E-state index in [0.29, 0.717) is 22.2 Å². The average Bonchev–Trinajstić information content (AvgIpc) is 2.60. The predicted octanol–water partition coefficient (Wildman–Crippen LogP) is 3.69. The largest absolute Gasteiger partial charge is 0.271 e. The maximum atomic E-state index is 12.2. The zero-order valence-corrected chi connectivity index (χ0v) is 17.9. The summed E-state index contributed by atoms with van der Waals surface area (Å²) in [4.78, 5) is 12.2. The minimum Gasteiger partial charge on any atom is -0.271 e. The second-order valence-electron chi connectivity index (χ2n) is 6.81. The maximum Gasteiger partial charge on any atom is 0.260 e. The van der Waals surface area contributed by atoms with E-state index < -0.39 is 15.9 Å². The molecule has 0 radical (unpaired) electrons. The van der Waals surface area contributed by atoms with E-state index in [1.54, 1.807) is 25.1 Å². The summed E-state index contributed by atoms with van der Waals surface area (Å²) in [7, 11) is -3.66. The van der Waals surface area contributed by atoms with Crippen LogP contribution >= 0.6 is 11.6 Å². The van der Waals surface area contributed by atoms with Crippen LogP contribution in [0.25, 0.3) is 0 Å². The molecule has 0 bridgehead atoms. The molecule has 1 N–H and O–H groups in total. The third kappa shape index (κ3) is 6.07. The number of halogens is 1. The lowest BCUT2D eigenvalue weighted by Crippen LogP contribution is -2.39. The molecule has 0 aliphatic carbocycles. The van der Waals surface area contributed by atoms with Gasteiger partial charge >= 0.3 is 0 Å². The molecule has 6 nitrogen and oxygen atoms in total. The van der Waals surface area contributed by atoms with Crippen molar-refractivity contribution >= 4 is 39.4 Å². The topological polar surface area (TPSA) is 78.8 Å². The van der Waals surface area contributed by atoms with Gasteiger partial charge in [0, 0.05) is 5.02 Å². The second-order valence-corrected chi connectivity index (χ2v) is 9.16. The number of carbonyl (C=O) groups excluding carboxylic acids is 1. The molecule has 28 heavy (non-hydrogen) atoms. The van der Waals surface area contributed by atoms with Crippen LogP contribution in [0, 0.1) is 6.92 Å².